The number of carbonyl (C=O) groups is 1. The Morgan fingerprint density at radius 2 is 2.04 bits per heavy atom. The Kier molecular flexibility index (Phi) is 5.00. The van der Waals surface area contributed by atoms with Crippen LogP contribution in [0.2, 0.25) is 0 Å². The summed E-state index contributed by atoms with van der Waals surface area (Å²) in [6, 6.07) is 13.4. The van der Waals surface area contributed by atoms with Crippen LogP contribution in [-0.2, 0) is 24.2 Å². The summed E-state index contributed by atoms with van der Waals surface area (Å²) < 4.78 is 12.5. The molecule has 1 N–H and O–H groups in total. The van der Waals surface area contributed by atoms with E-state index in [0.29, 0.717) is 25.2 Å². The lowest BCUT2D eigenvalue weighted by molar-refractivity contribution is -0.116. The molecule has 1 amide bonds. The molecule has 0 saturated heterocycles. The zero-order valence-corrected chi connectivity index (χ0v) is 14.8. The Bertz CT molecular complexity index is 924. The number of pyridine rings is 1. The van der Waals surface area contributed by atoms with E-state index in [1.165, 1.54) is 0 Å². The molecule has 4 rings (SSSR count). The molecule has 0 bridgehead atoms. The van der Waals surface area contributed by atoms with Gasteiger partial charge in [0.2, 0.25) is 12.7 Å². The third kappa shape index (κ3) is 4.44. The number of hydrogen-bond donors (Lipinski definition) is 1. The number of fused-ring (bicyclic) bond motifs is 1. The van der Waals surface area contributed by atoms with Crippen LogP contribution in [0.15, 0.2) is 54.9 Å². The highest BCUT2D eigenvalue weighted by atomic mass is 16.7. The predicted molar refractivity (Wildman–Crippen MR) is 99.7 cm³/mol. The van der Waals surface area contributed by atoms with Gasteiger partial charge >= 0.3 is 0 Å². The Morgan fingerprint density at radius 3 is 2.93 bits per heavy atom. The van der Waals surface area contributed by atoms with Crippen LogP contribution in [0.1, 0.15) is 17.7 Å². The van der Waals surface area contributed by atoms with Gasteiger partial charge in [0.15, 0.2) is 17.3 Å². The number of hydrogen-bond acceptors (Lipinski definition) is 5. The molecule has 0 radical (unpaired) electrons. The fourth-order valence-electron chi connectivity index (χ4n) is 2.89. The number of rotatable bonds is 7. The number of anilines is 1. The topological polar surface area (TPSA) is 78.3 Å². The highest BCUT2D eigenvalue weighted by Crippen LogP contribution is 2.32. The third-order valence-electron chi connectivity index (χ3n) is 4.31. The molecule has 3 heterocycles. The Labute approximate surface area is 156 Å². The molecule has 1 aromatic carbocycles. The maximum Gasteiger partial charge on any atom is 0.231 e. The molecule has 138 valence electrons. The van der Waals surface area contributed by atoms with Crippen molar-refractivity contribution in [2.24, 2.45) is 0 Å². The SMILES string of the molecule is O=C(CCc1ccc2c(c1)OCO2)Nc1ccn(CCc2ccccn2)n1. The summed E-state index contributed by atoms with van der Waals surface area (Å²) in [4.78, 5) is 16.5. The molecule has 27 heavy (non-hydrogen) atoms. The second-order valence-electron chi connectivity index (χ2n) is 6.27. The van der Waals surface area contributed by atoms with Gasteiger partial charge in [-0.15, -0.1) is 0 Å². The van der Waals surface area contributed by atoms with Crippen molar-refractivity contribution in [3.63, 3.8) is 0 Å². The third-order valence-corrected chi connectivity index (χ3v) is 4.31. The molecule has 2 aromatic heterocycles. The van der Waals surface area contributed by atoms with E-state index in [0.717, 1.165) is 29.2 Å². The van der Waals surface area contributed by atoms with Gasteiger partial charge in [0.1, 0.15) is 0 Å². The lowest BCUT2D eigenvalue weighted by atomic mass is 10.1. The van der Waals surface area contributed by atoms with Crippen molar-refractivity contribution in [3.8, 4) is 11.5 Å². The second-order valence-corrected chi connectivity index (χ2v) is 6.27. The van der Waals surface area contributed by atoms with E-state index < -0.39 is 0 Å². The quantitative estimate of drug-likeness (QED) is 0.697. The van der Waals surface area contributed by atoms with E-state index in [1.807, 2.05) is 47.3 Å². The van der Waals surface area contributed by atoms with Crippen LogP contribution in [0, 0.1) is 0 Å². The zero-order valence-electron chi connectivity index (χ0n) is 14.8. The molecule has 7 heteroatoms. The number of carbonyl (C=O) groups excluding carboxylic acids is 1. The summed E-state index contributed by atoms with van der Waals surface area (Å²) in [6.45, 7) is 0.965. The van der Waals surface area contributed by atoms with Crippen LogP contribution in [-0.4, -0.2) is 27.5 Å². The van der Waals surface area contributed by atoms with Crippen molar-refractivity contribution in [2.75, 3.05) is 12.1 Å². The standard InChI is InChI=1S/C20H20N4O3/c25-20(7-5-15-4-6-17-18(13-15)27-14-26-17)22-19-9-12-24(23-19)11-8-16-3-1-2-10-21-16/h1-4,6,9-10,12-13H,5,7-8,11,14H2,(H,22,23,25). The summed E-state index contributed by atoms with van der Waals surface area (Å²) in [7, 11) is 0. The first-order valence-electron chi connectivity index (χ1n) is 8.88. The maximum absolute atomic E-state index is 12.2. The van der Waals surface area contributed by atoms with Gasteiger partial charge in [0, 0.05) is 43.5 Å². The van der Waals surface area contributed by atoms with E-state index in [1.54, 1.807) is 12.3 Å². The van der Waals surface area contributed by atoms with Crippen LogP contribution < -0.4 is 14.8 Å². The van der Waals surface area contributed by atoms with Gasteiger partial charge in [0.25, 0.3) is 0 Å². The zero-order chi connectivity index (χ0) is 18.5. The first-order valence-corrected chi connectivity index (χ1v) is 8.88. The molecule has 1 aliphatic rings. The minimum absolute atomic E-state index is 0.0670. The minimum atomic E-state index is -0.0670. The molecule has 0 spiro atoms. The van der Waals surface area contributed by atoms with Crippen LogP contribution in [0.5, 0.6) is 11.5 Å². The van der Waals surface area contributed by atoms with Gasteiger partial charge in [-0.3, -0.25) is 14.5 Å². The predicted octanol–water partition coefficient (Wildman–Crippen LogP) is 2.82. The van der Waals surface area contributed by atoms with Crippen molar-refractivity contribution in [2.45, 2.75) is 25.8 Å². The van der Waals surface area contributed by atoms with Gasteiger partial charge < -0.3 is 14.8 Å². The van der Waals surface area contributed by atoms with E-state index >= 15 is 0 Å². The maximum atomic E-state index is 12.2. The molecule has 3 aromatic rings. The van der Waals surface area contributed by atoms with E-state index in [2.05, 4.69) is 15.4 Å². The fraction of sp³-hybridized carbons (Fsp3) is 0.250. The molecular formula is C20H20N4O3. The van der Waals surface area contributed by atoms with Crippen molar-refractivity contribution in [1.29, 1.82) is 0 Å². The highest BCUT2D eigenvalue weighted by Gasteiger charge is 2.14. The van der Waals surface area contributed by atoms with Crippen LogP contribution >= 0.6 is 0 Å². The molecule has 0 fully saturated rings. The van der Waals surface area contributed by atoms with Crippen molar-refractivity contribution in [3.05, 3.63) is 66.1 Å². The average Bonchev–Trinajstić information content (AvgIpc) is 3.34. The van der Waals surface area contributed by atoms with Crippen molar-refractivity contribution >= 4 is 11.7 Å². The summed E-state index contributed by atoms with van der Waals surface area (Å²) in [5.74, 6) is 1.98. The number of ether oxygens (including phenoxy) is 2. The minimum Gasteiger partial charge on any atom is -0.454 e. The Balaban J connectivity index is 1.25. The Hall–Kier alpha value is -3.35. The smallest absolute Gasteiger partial charge is 0.231 e. The first-order chi connectivity index (χ1) is 13.3. The van der Waals surface area contributed by atoms with Gasteiger partial charge in [-0.25, -0.2) is 0 Å². The molecule has 0 saturated carbocycles. The largest absolute Gasteiger partial charge is 0.454 e. The van der Waals surface area contributed by atoms with E-state index in [4.69, 9.17) is 9.47 Å². The van der Waals surface area contributed by atoms with Crippen LogP contribution in [0.25, 0.3) is 0 Å². The lowest BCUT2D eigenvalue weighted by Crippen LogP contribution is -2.13. The number of nitrogens with one attached hydrogen (secondary N) is 1. The number of nitrogens with zero attached hydrogens (tertiary/aromatic N) is 3. The lowest BCUT2D eigenvalue weighted by Gasteiger charge is -2.04. The van der Waals surface area contributed by atoms with E-state index in [9.17, 15) is 4.79 Å². The Morgan fingerprint density at radius 1 is 1.11 bits per heavy atom. The average molecular weight is 364 g/mol. The van der Waals surface area contributed by atoms with E-state index in [-0.39, 0.29) is 12.7 Å². The van der Waals surface area contributed by atoms with Gasteiger partial charge in [-0.1, -0.05) is 12.1 Å². The monoisotopic (exact) mass is 364 g/mol. The summed E-state index contributed by atoms with van der Waals surface area (Å²) in [6.07, 6.45) is 5.43. The number of benzene rings is 1. The molecule has 1 aliphatic heterocycles. The molecular weight excluding hydrogens is 344 g/mol. The van der Waals surface area contributed by atoms with Gasteiger partial charge in [-0.2, -0.15) is 5.10 Å². The van der Waals surface area contributed by atoms with Crippen LogP contribution in [0.3, 0.4) is 0 Å². The van der Waals surface area contributed by atoms with Crippen molar-refractivity contribution in [1.82, 2.24) is 14.8 Å². The molecule has 7 nitrogen and oxygen atoms in total. The van der Waals surface area contributed by atoms with Crippen LogP contribution in [0.4, 0.5) is 5.82 Å². The van der Waals surface area contributed by atoms with Crippen molar-refractivity contribution < 1.29 is 14.3 Å². The number of aryl methyl sites for hydroxylation is 3. The van der Waals surface area contributed by atoms with Gasteiger partial charge in [-0.05, 0) is 36.2 Å². The molecule has 0 aliphatic carbocycles. The van der Waals surface area contributed by atoms with Gasteiger partial charge in [0.05, 0.1) is 0 Å². The fourth-order valence-corrected chi connectivity index (χ4v) is 2.89. The summed E-state index contributed by atoms with van der Waals surface area (Å²) in [5.41, 5.74) is 2.05. The first kappa shape index (κ1) is 17.1. The second kappa shape index (κ2) is 7.90. The summed E-state index contributed by atoms with van der Waals surface area (Å²) >= 11 is 0. The molecule has 0 unspecified atom stereocenters. The normalized spacial score (nSPS) is 12.1. The number of amides is 1. The number of aromatic nitrogens is 3. The highest BCUT2D eigenvalue weighted by molar-refractivity contribution is 5.89. The summed E-state index contributed by atoms with van der Waals surface area (Å²) in [5, 5.41) is 7.23. The molecule has 0 atom stereocenters.